The lowest BCUT2D eigenvalue weighted by molar-refractivity contribution is -0.146. The number of esters is 1. The Balaban J connectivity index is 1.53. The van der Waals surface area contributed by atoms with Gasteiger partial charge in [0.25, 0.3) is 5.91 Å². The highest BCUT2D eigenvalue weighted by Crippen LogP contribution is 2.23. The number of hydrogen-bond donors (Lipinski definition) is 1. The molecule has 3 rings (SSSR count). The Labute approximate surface area is 172 Å². The van der Waals surface area contributed by atoms with Crippen molar-refractivity contribution in [3.8, 4) is 0 Å². The summed E-state index contributed by atoms with van der Waals surface area (Å²) in [5.41, 5.74) is -0.0340. The minimum absolute atomic E-state index is 0.318. The molecule has 1 aromatic carbocycles. The maximum Gasteiger partial charge on any atom is 0.326 e. The van der Waals surface area contributed by atoms with Gasteiger partial charge < -0.3 is 10.1 Å². The van der Waals surface area contributed by atoms with Crippen LogP contribution in [0.1, 0.15) is 33.5 Å². The van der Waals surface area contributed by atoms with Crippen molar-refractivity contribution in [1.29, 1.82) is 0 Å². The Morgan fingerprint density at radius 3 is 2.52 bits per heavy atom. The molecule has 7 nitrogen and oxygen atoms in total. The fourth-order valence-corrected chi connectivity index (χ4v) is 3.87. The molecule has 1 fully saturated rings. The molecule has 1 aliphatic rings. The molecule has 0 radical (unpaired) electrons. The molecule has 0 spiro atoms. The minimum atomic E-state index is -1.09. The van der Waals surface area contributed by atoms with E-state index in [0.717, 1.165) is 15.3 Å². The smallest absolute Gasteiger partial charge is 0.326 e. The fourth-order valence-electron chi connectivity index (χ4n) is 3.08. The Kier molecular flexibility index (Phi) is 6.12. The van der Waals surface area contributed by atoms with Crippen LogP contribution in [0.2, 0.25) is 0 Å². The van der Waals surface area contributed by atoms with Gasteiger partial charge in [-0.25, -0.2) is 4.79 Å². The van der Waals surface area contributed by atoms with Crippen molar-refractivity contribution in [3.63, 3.8) is 0 Å². The monoisotopic (exact) mass is 414 g/mol. The number of carbonyl (C=O) groups is 4. The second kappa shape index (κ2) is 8.57. The number of benzene rings is 1. The van der Waals surface area contributed by atoms with Crippen molar-refractivity contribution in [2.75, 3.05) is 13.2 Å². The van der Waals surface area contributed by atoms with Crippen molar-refractivity contribution >= 4 is 35.0 Å². The minimum Gasteiger partial charge on any atom is -0.456 e. The first-order chi connectivity index (χ1) is 13.8. The van der Waals surface area contributed by atoms with Crippen molar-refractivity contribution in [2.45, 2.75) is 32.2 Å². The van der Waals surface area contributed by atoms with E-state index in [0.29, 0.717) is 17.7 Å². The average Bonchev–Trinajstić information content (AvgIpc) is 3.23. The zero-order chi connectivity index (χ0) is 21.0. The molecule has 3 amide bonds. The number of urea groups is 1. The van der Waals surface area contributed by atoms with Gasteiger partial charge in [0.15, 0.2) is 6.61 Å². The Bertz CT molecular complexity index is 940. The summed E-state index contributed by atoms with van der Waals surface area (Å²) in [6.07, 6.45) is 1.01. The Morgan fingerprint density at radius 2 is 1.86 bits per heavy atom. The first-order valence-corrected chi connectivity index (χ1v) is 10.0. The van der Waals surface area contributed by atoms with E-state index >= 15 is 0 Å². The van der Waals surface area contributed by atoms with Crippen LogP contribution < -0.4 is 5.32 Å². The molecule has 1 aliphatic heterocycles. The molecule has 1 atom stereocenters. The number of hydrogen-bond acceptors (Lipinski definition) is 6. The number of Topliss-reactive ketones (excluding diaryl/α,β-unsaturated/α-hetero) is 1. The van der Waals surface area contributed by atoms with Crippen LogP contribution in [0.25, 0.3) is 0 Å². The molecule has 2 heterocycles. The SMILES string of the molecule is Cc1ccc(C(=O)COC(=O)CN2C(=O)N[C@@](C)(CCc3ccccc3)C2=O)s1. The average molecular weight is 414 g/mol. The number of nitrogens with one attached hydrogen (secondary N) is 1. The van der Waals surface area contributed by atoms with E-state index in [1.807, 2.05) is 43.3 Å². The predicted octanol–water partition coefficient (Wildman–Crippen LogP) is 2.73. The van der Waals surface area contributed by atoms with Crippen LogP contribution in [0.3, 0.4) is 0 Å². The number of ether oxygens (including phenoxy) is 1. The largest absolute Gasteiger partial charge is 0.456 e. The van der Waals surface area contributed by atoms with E-state index in [2.05, 4.69) is 5.32 Å². The molecule has 8 heteroatoms. The van der Waals surface area contributed by atoms with Gasteiger partial charge in [0, 0.05) is 4.88 Å². The zero-order valence-electron chi connectivity index (χ0n) is 16.3. The third-order valence-electron chi connectivity index (χ3n) is 4.77. The highest BCUT2D eigenvalue weighted by atomic mass is 32.1. The third kappa shape index (κ3) is 4.89. The van der Waals surface area contributed by atoms with E-state index in [1.165, 1.54) is 11.3 Å². The van der Waals surface area contributed by atoms with E-state index in [4.69, 9.17) is 4.74 Å². The van der Waals surface area contributed by atoms with E-state index in [9.17, 15) is 19.2 Å². The van der Waals surface area contributed by atoms with Gasteiger partial charge >= 0.3 is 12.0 Å². The van der Waals surface area contributed by atoms with Crippen LogP contribution in [0, 0.1) is 6.92 Å². The molecule has 1 saturated heterocycles. The highest BCUT2D eigenvalue weighted by Gasteiger charge is 2.48. The molecule has 0 unspecified atom stereocenters. The lowest BCUT2D eigenvalue weighted by atomic mass is 9.93. The van der Waals surface area contributed by atoms with Gasteiger partial charge in [-0.05, 0) is 44.4 Å². The number of imide groups is 1. The molecular weight excluding hydrogens is 392 g/mol. The van der Waals surface area contributed by atoms with Crippen LogP contribution in [0.5, 0.6) is 0 Å². The summed E-state index contributed by atoms with van der Waals surface area (Å²) in [6, 6.07) is 12.5. The third-order valence-corrected chi connectivity index (χ3v) is 5.81. The molecule has 29 heavy (non-hydrogen) atoms. The summed E-state index contributed by atoms with van der Waals surface area (Å²) in [7, 11) is 0. The first-order valence-electron chi connectivity index (χ1n) is 9.22. The second-order valence-electron chi connectivity index (χ2n) is 7.13. The topological polar surface area (TPSA) is 92.8 Å². The van der Waals surface area contributed by atoms with E-state index in [-0.39, 0.29) is 5.78 Å². The molecule has 1 aromatic heterocycles. The summed E-state index contributed by atoms with van der Waals surface area (Å²) in [4.78, 5) is 51.4. The lowest BCUT2D eigenvalue weighted by Crippen LogP contribution is -2.44. The maximum atomic E-state index is 12.7. The fraction of sp³-hybridized carbons (Fsp3) is 0.333. The Hall–Kier alpha value is -3.00. The predicted molar refractivity (Wildman–Crippen MR) is 108 cm³/mol. The van der Waals surface area contributed by atoms with E-state index in [1.54, 1.807) is 13.0 Å². The molecule has 2 aromatic rings. The van der Waals surface area contributed by atoms with Crippen LogP contribution in [-0.2, 0) is 20.7 Å². The molecular formula is C21H22N2O5S. The van der Waals surface area contributed by atoms with Crippen molar-refractivity contribution < 1.29 is 23.9 Å². The summed E-state index contributed by atoms with van der Waals surface area (Å²) in [5, 5.41) is 2.66. The molecule has 1 N–H and O–H groups in total. The Morgan fingerprint density at radius 1 is 1.14 bits per heavy atom. The van der Waals surface area contributed by atoms with Gasteiger partial charge in [0.05, 0.1) is 4.88 Å². The standard InChI is InChI=1S/C21H22N2O5S/c1-14-8-9-17(29-14)16(24)13-28-18(25)12-23-19(26)21(2,22-20(23)27)11-10-15-6-4-3-5-7-15/h3-9H,10-13H2,1-2H3,(H,22,27)/t21-/m0/s1. The summed E-state index contributed by atoms with van der Waals surface area (Å²) in [6.45, 7) is 2.57. The van der Waals surface area contributed by atoms with Crippen molar-refractivity contribution in [3.05, 3.63) is 57.8 Å². The molecule has 0 bridgehead atoms. The van der Waals surface area contributed by atoms with Crippen LogP contribution in [0.15, 0.2) is 42.5 Å². The quantitative estimate of drug-likeness (QED) is 0.407. The number of ketones is 1. The maximum absolute atomic E-state index is 12.7. The number of rotatable bonds is 8. The molecule has 152 valence electrons. The zero-order valence-corrected chi connectivity index (χ0v) is 17.1. The number of amides is 3. The van der Waals surface area contributed by atoms with Gasteiger partial charge in [-0.2, -0.15) is 0 Å². The van der Waals surface area contributed by atoms with Crippen LogP contribution in [-0.4, -0.2) is 47.3 Å². The van der Waals surface area contributed by atoms with Gasteiger partial charge in [0.2, 0.25) is 5.78 Å². The number of aryl methyl sites for hydroxylation is 2. The molecule has 0 saturated carbocycles. The van der Waals surface area contributed by atoms with Crippen molar-refractivity contribution in [1.82, 2.24) is 10.2 Å². The lowest BCUT2D eigenvalue weighted by Gasteiger charge is -2.21. The summed E-state index contributed by atoms with van der Waals surface area (Å²) in [5.74, 6) is -1.60. The van der Waals surface area contributed by atoms with E-state index < -0.39 is 36.6 Å². The summed E-state index contributed by atoms with van der Waals surface area (Å²) < 4.78 is 4.97. The van der Waals surface area contributed by atoms with Crippen molar-refractivity contribution in [2.24, 2.45) is 0 Å². The van der Waals surface area contributed by atoms with Gasteiger partial charge in [0.1, 0.15) is 12.1 Å². The second-order valence-corrected chi connectivity index (χ2v) is 8.42. The highest BCUT2D eigenvalue weighted by molar-refractivity contribution is 7.14. The number of nitrogens with zero attached hydrogens (tertiary/aromatic N) is 1. The first kappa shape index (κ1) is 20.7. The number of carbonyl (C=O) groups excluding carboxylic acids is 4. The number of thiophene rings is 1. The van der Waals surface area contributed by atoms with Gasteiger partial charge in [-0.3, -0.25) is 19.3 Å². The normalized spacial score (nSPS) is 18.6. The van der Waals surface area contributed by atoms with Gasteiger partial charge in [-0.15, -0.1) is 11.3 Å². The van der Waals surface area contributed by atoms with Crippen LogP contribution >= 0.6 is 11.3 Å². The molecule has 0 aliphatic carbocycles. The van der Waals surface area contributed by atoms with Crippen LogP contribution in [0.4, 0.5) is 4.79 Å². The van der Waals surface area contributed by atoms with Gasteiger partial charge in [-0.1, -0.05) is 30.3 Å². The summed E-state index contributed by atoms with van der Waals surface area (Å²) >= 11 is 1.32.